The highest BCUT2D eigenvalue weighted by Crippen LogP contribution is 2.10. The zero-order chi connectivity index (χ0) is 8.27. The van der Waals surface area contributed by atoms with Gasteiger partial charge < -0.3 is 9.64 Å². The second-order valence-corrected chi connectivity index (χ2v) is 3.19. The van der Waals surface area contributed by atoms with Gasteiger partial charge in [0.1, 0.15) is 0 Å². The first-order chi connectivity index (χ1) is 5.22. The summed E-state index contributed by atoms with van der Waals surface area (Å²) in [5.74, 6) is 0. The smallest absolute Gasteiger partial charge is 0.0726 e. The largest absolute Gasteiger partial charge is 0.373 e. The maximum absolute atomic E-state index is 5.59. The molecule has 0 aliphatic carbocycles. The molecule has 0 aromatic heterocycles. The monoisotopic (exact) mass is 155 g/mol. The Kier molecular flexibility index (Phi) is 2.94. The van der Waals surface area contributed by atoms with E-state index in [4.69, 9.17) is 4.74 Å². The first-order valence-corrected chi connectivity index (χ1v) is 4.24. The number of hydrogen-bond donors (Lipinski definition) is 0. The van der Waals surface area contributed by atoms with Crippen LogP contribution < -0.4 is 0 Å². The molecule has 0 saturated carbocycles. The molecule has 0 radical (unpaired) electrons. The van der Waals surface area contributed by atoms with Crippen molar-refractivity contribution in [3.8, 4) is 0 Å². The molecule has 2 atom stereocenters. The molecule has 0 N–H and O–H groups in total. The molecular formula is C9H17NO. The fourth-order valence-electron chi connectivity index (χ4n) is 1.55. The predicted octanol–water partition coefficient (Wildman–Crippen LogP) is 1.63. The molecule has 1 fully saturated rings. The maximum Gasteiger partial charge on any atom is 0.0726 e. The van der Waals surface area contributed by atoms with E-state index in [1.54, 1.807) is 0 Å². The summed E-state index contributed by atoms with van der Waals surface area (Å²) >= 11 is 0. The highest BCUT2D eigenvalue weighted by Gasteiger charge is 2.18. The molecule has 2 heteroatoms. The molecule has 1 rings (SSSR count). The van der Waals surface area contributed by atoms with E-state index >= 15 is 0 Å². The lowest BCUT2D eigenvalue weighted by atomic mass is 10.2. The zero-order valence-electron chi connectivity index (χ0n) is 7.58. The predicted molar refractivity (Wildman–Crippen MR) is 46.4 cm³/mol. The van der Waals surface area contributed by atoms with E-state index in [0.29, 0.717) is 12.2 Å². The minimum Gasteiger partial charge on any atom is -0.373 e. The van der Waals surface area contributed by atoms with Gasteiger partial charge in [0, 0.05) is 13.1 Å². The molecule has 1 aliphatic heterocycles. The number of ether oxygens (including phenoxy) is 1. The van der Waals surface area contributed by atoms with Crippen molar-refractivity contribution in [1.29, 1.82) is 0 Å². The number of rotatable bonds is 1. The lowest BCUT2D eigenvalue weighted by Gasteiger charge is -2.34. The van der Waals surface area contributed by atoms with Gasteiger partial charge in [0.25, 0.3) is 0 Å². The third kappa shape index (κ3) is 2.54. The summed E-state index contributed by atoms with van der Waals surface area (Å²) in [6.45, 7) is 8.33. The molecule has 0 aromatic rings. The van der Waals surface area contributed by atoms with E-state index in [9.17, 15) is 0 Å². The number of allylic oxidation sites excluding steroid dienone is 1. The van der Waals surface area contributed by atoms with Crippen LogP contribution in [0.15, 0.2) is 12.3 Å². The van der Waals surface area contributed by atoms with Gasteiger partial charge in [-0.05, 0) is 27.0 Å². The Bertz CT molecular complexity index is 134. The maximum atomic E-state index is 5.59. The van der Waals surface area contributed by atoms with Gasteiger partial charge in [-0.3, -0.25) is 0 Å². The second kappa shape index (κ2) is 3.77. The summed E-state index contributed by atoms with van der Waals surface area (Å²) in [5, 5.41) is 0. The van der Waals surface area contributed by atoms with Gasteiger partial charge in [-0.1, -0.05) is 6.08 Å². The zero-order valence-corrected chi connectivity index (χ0v) is 7.58. The normalized spacial score (nSPS) is 33.2. The van der Waals surface area contributed by atoms with Crippen LogP contribution in [0.1, 0.15) is 20.8 Å². The molecule has 0 spiro atoms. The number of hydrogen-bond acceptors (Lipinski definition) is 2. The minimum absolute atomic E-state index is 0.370. The van der Waals surface area contributed by atoms with Crippen molar-refractivity contribution in [2.45, 2.75) is 33.0 Å². The molecule has 0 aromatic carbocycles. The van der Waals surface area contributed by atoms with E-state index in [-0.39, 0.29) is 0 Å². The molecule has 0 bridgehead atoms. The van der Waals surface area contributed by atoms with Gasteiger partial charge in [-0.25, -0.2) is 0 Å². The van der Waals surface area contributed by atoms with E-state index < -0.39 is 0 Å². The van der Waals surface area contributed by atoms with Gasteiger partial charge in [-0.2, -0.15) is 0 Å². The van der Waals surface area contributed by atoms with Gasteiger partial charge in [0.05, 0.1) is 12.2 Å². The van der Waals surface area contributed by atoms with Crippen molar-refractivity contribution < 1.29 is 4.74 Å². The van der Waals surface area contributed by atoms with Gasteiger partial charge in [0.15, 0.2) is 0 Å². The molecule has 1 aliphatic rings. The third-order valence-electron chi connectivity index (χ3n) is 1.81. The molecule has 64 valence electrons. The van der Waals surface area contributed by atoms with Crippen LogP contribution in [-0.4, -0.2) is 30.2 Å². The Morgan fingerprint density at radius 1 is 1.27 bits per heavy atom. The first-order valence-electron chi connectivity index (χ1n) is 4.24. The molecule has 0 amide bonds. The van der Waals surface area contributed by atoms with Crippen LogP contribution in [0.3, 0.4) is 0 Å². The van der Waals surface area contributed by atoms with Crippen molar-refractivity contribution in [2.24, 2.45) is 0 Å². The Morgan fingerprint density at radius 3 is 2.27 bits per heavy atom. The number of nitrogens with zero attached hydrogens (tertiary/aromatic N) is 1. The van der Waals surface area contributed by atoms with E-state index in [0.717, 1.165) is 13.1 Å². The molecule has 11 heavy (non-hydrogen) atoms. The van der Waals surface area contributed by atoms with Crippen LogP contribution in [0.5, 0.6) is 0 Å². The fraction of sp³-hybridized carbons (Fsp3) is 0.778. The summed E-state index contributed by atoms with van der Waals surface area (Å²) in [7, 11) is 0. The quantitative estimate of drug-likeness (QED) is 0.570. The van der Waals surface area contributed by atoms with Crippen LogP contribution in [0.25, 0.3) is 0 Å². The third-order valence-corrected chi connectivity index (χ3v) is 1.81. The summed E-state index contributed by atoms with van der Waals surface area (Å²) in [4.78, 5) is 2.30. The Balaban J connectivity index is 2.42. The lowest BCUT2D eigenvalue weighted by molar-refractivity contribution is -0.0541. The van der Waals surface area contributed by atoms with Crippen LogP contribution in [0.2, 0.25) is 0 Å². The molecule has 1 heterocycles. The van der Waals surface area contributed by atoms with Crippen molar-refractivity contribution in [1.82, 2.24) is 4.90 Å². The average Bonchev–Trinajstić information content (AvgIpc) is 1.85. The van der Waals surface area contributed by atoms with E-state index in [2.05, 4.69) is 31.0 Å². The standard InChI is InChI=1S/C9H17NO/c1-4-5-10-6-8(2)11-9(3)7-10/h4-5,8-9H,6-7H2,1-3H3/b5-4+/t8-,9-/m1/s1. The topological polar surface area (TPSA) is 12.5 Å². The minimum atomic E-state index is 0.370. The van der Waals surface area contributed by atoms with Crippen LogP contribution in [-0.2, 0) is 4.74 Å². The average molecular weight is 155 g/mol. The van der Waals surface area contributed by atoms with Crippen LogP contribution in [0, 0.1) is 0 Å². The molecule has 0 unspecified atom stereocenters. The Morgan fingerprint density at radius 2 is 1.82 bits per heavy atom. The number of morpholine rings is 1. The molecule has 1 saturated heterocycles. The first kappa shape index (κ1) is 8.60. The van der Waals surface area contributed by atoms with Crippen molar-refractivity contribution >= 4 is 0 Å². The Labute approximate surface area is 68.8 Å². The van der Waals surface area contributed by atoms with Gasteiger partial charge >= 0.3 is 0 Å². The summed E-state index contributed by atoms with van der Waals surface area (Å²) < 4.78 is 5.59. The summed E-state index contributed by atoms with van der Waals surface area (Å²) in [5.41, 5.74) is 0. The molecule has 2 nitrogen and oxygen atoms in total. The van der Waals surface area contributed by atoms with Crippen LogP contribution in [0.4, 0.5) is 0 Å². The van der Waals surface area contributed by atoms with E-state index in [1.165, 1.54) is 0 Å². The van der Waals surface area contributed by atoms with Gasteiger partial charge in [0.2, 0.25) is 0 Å². The summed E-state index contributed by atoms with van der Waals surface area (Å²) in [6.07, 6.45) is 4.95. The van der Waals surface area contributed by atoms with Gasteiger partial charge in [-0.15, -0.1) is 0 Å². The van der Waals surface area contributed by atoms with Crippen molar-refractivity contribution in [2.75, 3.05) is 13.1 Å². The Hall–Kier alpha value is -0.500. The second-order valence-electron chi connectivity index (χ2n) is 3.19. The fourth-order valence-corrected chi connectivity index (χ4v) is 1.55. The van der Waals surface area contributed by atoms with E-state index in [1.807, 2.05) is 6.92 Å². The SMILES string of the molecule is C/C=C/N1C[C@@H](C)O[C@H](C)C1. The van der Waals surface area contributed by atoms with Crippen LogP contribution >= 0.6 is 0 Å². The van der Waals surface area contributed by atoms with Crippen molar-refractivity contribution in [3.63, 3.8) is 0 Å². The summed E-state index contributed by atoms with van der Waals surface area (Å²) in [6, 6.07) is 0. The highest BCUT2D eigenvalue weighted by atomic mass is 16.5. The molecular weight excluding hydrogens is 138 g/mol. The van der Waals surface area contributed by atoms with Crippen molar-refractivity contribution in [3.05, 3.63) is 12.3 Å². The lowest BCUT2D eigenvalue weighted by Crippen LogP contribution is -2.42. The highest BCUT2D eigenvalue weighted by molar-refractivity contribution is 4.84.